The van der Waals surface area contributed by atoms with E-state index in [1.54, 1.807) is 18.0 Å². The van der Waals surface area contributed by atoms with E-state index in [0.717, 1.165) is 50.4 Å². The predicted molar refractivity (Wildman–Crippen MR) is 126 cm³/mol. The van der Waals surface area contributed by atoms with E-state index in [-0.39, 0.29) is 5.91 Å². The number of carbonyl (C=O) groups excluding carboxylic acids is 1. The zero-order valence-corrected chi connectivity index (χ0v) is 18.8. The Bertz CT molecular complexity index is 1030. The second-order valence-corrected chi connectivity index (χ2v) is 8.13. The highest BCUT2D eigenvalue weighted by atomic mass is 16.5. The van der Waals surface area contributed by atoms with Crippen LogP contribution in [0.3, 0.4) is 0 Å². The quantitative estimate of drug-likeness (QED) is 0.554. The van der Waals surface area contributed by atoms with Gasteiger partial charge in [0.1, 0.15) is 11.4 Å². The monoisotopic (exact) mass is 433 g/mol. The molecule has 0 spiro atoms. The van der Waals surface area contributed by atoms with E-state index in [1.807, 2.05) is 54.6 Å². The largest absolute Gasteiger partial charge is 0.496 e. The molecule has 7 heteroatoms. The third-order valence-corrected chi connectivity index (χ3v) is 5.87. The van der Waals surface area contributed by atoms with Gasteiger partial charge in [0.05, 0.1) is 18.4 Å². The first kappa shape index (κ1) is 22.0. The van der Waals surface area contributed by atoms with Gasteiger partial charge in [0.15, 0.2) is 0 Å². The lowest BCUT2D eigenvalue weighted by Crippen LogP contribution is -2.45. The van der Waals surface area contributed by atoms with Crippen LogP contribution in [0.1, 0.15) is 16.8 Å². The van der Waals surface area contributed by atoms with Crippen LogP contribution in [0.5, 0.6) is 5.75 Å². The molecule has 7 nitrogen and oxygen atoms in total. The molecule has 32 heavy (non-hydrogen) atoms. The first-order valence-electron chi connectivity index (χ1n) is 11.1. The number of nitrogens with one attached hydrogen (secondary N) is 1. The van der Waals surface area contributed by atoms with Gasteiger partial charge in [0, 0.05) is 44.5 Å². The molecule has 1 aliphatic rings. The number of methoxy groups -OCH3 is 1. The average molecular weight is 434 g/mol. The summed E-state index contributed by atoms with van der Waals surface area (Å²) in [5.41, 5.74) is 2.85. The van der Waals surface area contributed by atoms with Gasteiger partial charge in [0.25, 0.3) is 5.91 Å². The number of carbonyl (C=O) groups is 1. The Hall–Kier alpha value is -3.16. The van der Waals surface area contributed by atoms with Gasteiger partial charge in [-0.1, -0.05) is 30.3 Å². The van der Waals surface area contributed by atoms with Gasteiger partial charge in [-0.3, -0.25) is 4.79 Å². The van der Waals surface area contributed by atoms with Crippen LogP contribution in [0.15, 0.2) is 60.8 Å². The minimum atomic E-state index is -0.119. The molecule has 0 saturated carbocycles. The third kappa shape index (κ3) is 5.18. The van der Waals surface area contributed by atoms with E-state index < -0.39 is 0 Å². The van der Waals surface area contributed by atoms with Crippen LogP contribution >= 0.6 is 0 Å². The van der Waals surface area contributed by atoms with Crippen molar-refractivity contribution in [1.82, 2.24) is 24.9 Å². The van der Waals surface area contributed by atoms with E-state index in [2.05, 4.69) is 22.2 Å². The van der Waals surface area contributed by atoms with Crippen LogP contribution in [0.2, 0.25) is 0 Å². The first-order valence-corrected chi connectivity index (χ1v) is 11.1. The number of likely N-dealkylation sites (N-methyl/N-ethyl adjacent to an activating group) is 1. The van der Waals surface area contributed by atoms with E-state index in [0.29, 0.717) is 23.6 Å². The molecular formula is C25H31N5O2. The maximum atomic E-state index is 13.2. The fourth-order valence-corrected chi connectivity index (χ4v) is 3.96. The molecule has 1 aliphatic heterocycles. The number of aromatic nitrogens is 2. The minimum Gasteiger partial charge on any atom is -0.496 e. The Morgan fingerprint density at radius 3 is 2.50 bits per heavy atom. The normalized spacial score (nSPS) is 14.9. The topological polar surface area (TPSA) is 62.6 Å². The van der Waals surface area contributed by atoms with Crippen LogP contribution < -0.4 is 10.1 Å². The number of nitrogens with zero attached hydrogens (tertiary/aromatic N) is 4. The summed E-state index contributed by atoms with van der Waals surface area (Å²) < 4.78 is 7.28. The van der Waals surface area contributed by atoms with Crippen molar-refractivity contribution >= 4 is 5.91 Å². The number of amides is 1. The molecule has 1 fully saturated rings. The fourth-order valence-electron chi connectivity index (χ4n) is 3.96. The second-order valence-electron chi connectivity index (χ2n) is 8.13. The lowest BCUT2D eigenvalue weighted by Gasteiger charge is -2.32. The number of benzene rings is 2. The summed E-state index contributed by atoms with van der Waals surface area (Å²) in [6.45, 7) is 6.02. The lowest BCUT2D eigenvalue weighted by molar-refractivity contribution is 0.0950. The number of piperazine rings is 1. The molecule has 0 atom stereocenters. The smallest absolute Gasteiger partial charge is 0.255 e. The van der Waals surface area contributed by atoms with Crippen molar-refractivity contribution in [2.24, 2.45) is 0 Å². The Balaban J connectivity index is 1.50. The van der Waals surface area contributed by atoms with Gasteiger partial charge in [-0.2, -0.15) is 5.10 Å². The summed E-state index contributed by atoms with van der Waals surface area (Å²) in [5.74, 6) is 0.571. The summed E-state index contributed by atoms with van der Waals surface area (Å²) in [6.07, 6.45) is 2.72. The molecule has 0 radical (unpaired) electrons. The van der Waals surface area contributed by atoms with Gasteiger partial charge in [-0.25, -0.2) is 4.68 Å². The van der Waals surface area contributed by atoms with Crippen LogP contribution in [0.25, 0.3) is 16.9 Å². The number of rotatable bonds is 8. The van der Waals surface area contributed by atoms with Crippen molar-refractivity contribution in [2.45, 2.75) is 6.42 Å². The van der Waals surface area contributed by atoms with E-state index in [9.17, 15) is 4.79 Å². The van der Waals surface area contributed by atoms with E-state index in [1.165, 1.54) is 0 Å². The molecule has 0 aliphatic carbocycles. The molecule has 4 rings (SSSR count). The van der Waals surface area contributed by atoms with Crippen LogP contribution in [0, 0.1) is 0 Å². The summed E-state index contributed by atoms with van der Waals surface area (Å²) in [7, 11) is 3.79. The molecule has 2 heterocycles. The molecule has 1 saturated heterocycles. The average Bonchev–Trinajstić information content (AvgIpc) is 3.29. The molecule has 0 unspecified atom stereocenters. The fraction of sp³-hybridized carbons (Fsp3) is 0.360. The molecule has 1 N–H and O–H groups in total. The van der Waals surface area contributed by atoms with Crippen LogP contribution in [-0.2, 0) is 0 Å². The highest BCUT2D eigenvalue weighted by Crippen LogP contribution is 2.31. The van der Waals surface area contributed by atoms with Crippen LogP contribution in [-0.4, -0.2) is 78.9 Å². The third-order valence-electron chi connectivity index (χ3n) is 5.87. The van der Waals surface area contributed by atoms with Crippen molar-refractivity contribution in [3.63, 3.8) is 0 Å². The summed E-state index contributed by atoms with van der Waals surface area (Å²) in [6, 6.07) is 17.5. The molecule has 3 aromatic rings. The number of hydrogen-bond donors (Lipinski definition) is 1. The van der Waals surface area contributed by atoms with Gasteiger partial charge >= 0.3 is 0 Å². The maximum Gasteiger partial charge on any atom is 0.255 e. The number of hydrogen-bond acceptors (Lipinski definition) is 5. The summed E-state index contributed by atoms with van der Waals surface area (Å²) >= 11 is 0. The van der Waals surface area contributed by atoms with Gasteiger partial charge in [-0.05, 0) is 44.3 Å². The molecular weight excluding hydrogens is 402 g/mol. The summed E-state index contributed by atoms with van der Waals surface area (Å²) in [5, 5.41) is 7.84. The predicted octanol–water partition coefficient (Wildman–Crippen LogP) is 2.92. The Morgan fingerprint density at radius 1 is 1.03 bits per heavy atom. The first-order chi connectivity index (χ1) is 15.7. The lowest BCUT2D eigenvalue weighted by atomic mass is 10.1. The molecule has 1 aromatic heterocycles. The molecule has 0 bridgehead atoms. The van der Waals surface area contributed by atoms with Crippen molar-refractivity contribution < 1.29 is 9.53 Å². The van der Waals surface area contributed by atoms with Gasteiger partial charge in [0.2, 0.25) is 0 Å². The minimum absolute atomic E-state index is 0.119. The maximum absolute atomic E-state index is 13.2. The number of ether oxygens (including phenoxy) is 1. The van der Waals surface area contributed by atoms with Gasteiger partial charge < -0.3 is 19.9 Å². The highest BCUT2D eigenvalue weighted by molar-refractivity contribution is 6.00. The Kier molecular flexibility index (Phi) is 7.19. The second kappa shape index (κ2) is 10.4. The van der Waals surface area contributed by atoms with Crippen molar-refractivity contribution in [3.05, 3.63) is 66.4 Å². The van der Waals surface area contributed by atoms with Crippen LogP contribution in [0.4, 0.5) is 0 Å². The van der Waals surface area contributed by atoms with Crippen molar-refractivity contribution in [3.8, 4) is 22.7 Å². The van der Waals surface area contributed by atoms with Crippen molar-refractivity contribution in [2.75, 3.05) is 53.4 Å². The molecule has 1 amide bonds. The Labute approximate surface area is 189 Å². The standard InChI is InChI=1S/C25H31N5O2/c1-28-15-17-29(18-16-28)14-8-13-26-25(31)22-19-30(20-9-4-3-5-10-20)27-24(22)21-11-6-7-12-23(21)32-2/h3-7,9-12,19H,8,13-18H2,1-2H3,(H,26,31). The van der Waals surface area contributed by atoms with E-state index in [4.69, 9.17) is 9.84 Å². The SMILES string of the molecule is COc1ccccc1-c1nn(-c2ccccc2)cc1C(=O)NCCCN1CCN(C)CC1. The summed E-state index contributed by atoms with van der Waals surface area (Å²) in [4.78, 5) is 18.0. The number of para-hydroxylation sites is 2. The Morgan fingerprint density at radius 2 is 1.75 bits per heavy atom. The zero-order chi connectivity index (χ0) is 22.3. The highest BCUT2D eigenvalue weighted by Gasteiger charge is 2.21. The van der Waals surface area contributed by atoms with E-state index >= 15 is 0 Å². The van der Waals surface area contributed by atoms with Gasteiger partial charge in [-0.15, -0.1) is 0 Å². The molecule has 2 aromatic carbocycles. The zero-order valence-electron chi connectivity index (χ0n) is 18.8. The molecule has 168 valence electrons. The van der Waals surface area contributed by atoms with Crippen molar-refractivity contribution in [1.29, 1.82) is 0 Å².